The van der Waals surface area contributed by atoms with E-state index in [9.17, 15) is 0 Å². The van der Waals surface area contributed by atoms with Crippen LogP contribution < -0.4 is 10.4 Å². The summed E-state index contributed by atoms with van der Waals surface area (Å²) in [6.45, 7) is 22.8. The summed E-state index contributed by atoms with van der Waals surface area (Å²) in [5.41, 5.74) is 17.1. The Morgan fingerprint density at radius 1 is 0.500 bits per heavy atom. The van der Waals surface area contributed by atoms with E-state index in [1.165, 1.54) is 98.7 Å². The van der Waals surface area contributed by atoms with Crippen molar-refractivity contribution in [2.45, 2.75) is 106 Å². The first-order valence-electron chi connectivity index (χ1n) is 22.4. The van der Waals surface area contributed by atoms with E-state index in [-0.39, 0.29) is 0 Å². The zero-order valence-electron chi connectivity index (χ0n) is 38.3. The first-order chi connectivity index (χ1) is 29.9. The van der Waals surface area contributed by atoms with E-state index in [0.29, 0.717) is 23.7 Å². The van der Waals surface area contributed by atoms with Crippen LogP contribution in [-0.4, -0.2) is 9.52 Å². The van der Waals surface area contributed by atoms with Crippen LogP contribution in [0.4, 0.5) is 0 Å². The third kappa shape index (κ3) is 10.8. The minimum atomic E-state index is -0.826. The monoisotopic (exact) mass is 945 g/mol. The van der Waals surface area contributed by atoms with E-state index < -0.39 is 20.8 Å². The van der Waals surface area contributed by atoms with Crippen molar-refractivity contribution in [3.05, 3.63) is 179 Å². The summed E-state index contributed by atoms with van der Waals surface area (Å²) in [6.07, 6.45) is 2.19. The first kappa shape index (κ1) is 47.7. The number of fused-ring (bicyclic) bond motifs is 5. The maximum atomic E-state index is 4.93. The molecular weight excluding hydrogens is 887 g/mol. The maximum absolute atomic E-state index is 4.93. The summed E-state index contributed by atoms with van der Waals surface area (Å²) in [5, 5.41) is 8.41. The van der Waals surface area contributed by atoms with Gasteiger partial charge in [-0.3, -0.25) is 0 Å². The van der Waals surface area contributed by atoms with Gasteiger partial charge in [0.05, 0.1) is 9.52 Å². The smallest absolute Gasteiger partial charge is 0.0920 e. The summed E-state index contributed by atoms with van der Waals surface area (Å²) >= 11 is -0.826. The summed E-state index contributed by atoms with van der Waals surface area (Å²) in [6, 6.07) is 54.8. The van der Waals surface area contributed by atoms with Crippen molar-refractivity contribution in [1.29, 1.82) is 0 Å². The van der Waals surface area contributed by atoms with Gasteiger partial charge in [0.25, 0.3) is 0 Å². The third-order valence-electron chi connectivity index (χ3n) is 12.1. The van der Waals surface area contributed by atoms with Crippen molar-refractivity contribution in [3.63, 3.8) is 0 Å². The molecule has 0 saturated heterocycles. The molecule has 0 bridgehead atoms. The molecule has 62 heavy (non-hydrogen) atoms. The second-order valence-corrected chi connectivity index (χ2v) is 22.5. The molecule has 0 atom stereocenters. The van der Waals surface area contributed by atoms with Crippen molar-refractivity contribution in [2.75, 3.05) is 0 Å². The summed E-state index contributed by atoms with van der Waals surface area (Å²) in [5.74, 6) is 2.10. The average Bonchev–Trinajstić information content (AvgIpc) is 4.01. The largest absolute Gasteiger partial charge is 0.184 e. The van der Waals surface area contributed by atoms with Gasteiger partial charge in [0, 0.05) is 0 Å². The van der Waals surface area contributed by atoms with Crippen LogP contribution in [0.3, 0.4) is 0 Å². The van der Waals surface area contributed by atoms with E-state index in [2.05, 4.69) is 209 Å². The molecular formula is C58H61Cl2SiZr-3. The molecule has 0 aromatic heterocycles. The fraction of sp³-hybridized carbons (Fsp3) is 0.276. The van der Waals surface area contributed by atoms with E-state index in [1.54, 1.807) is 0 Å². The van der Waals surface area contributed by atoms with E-state index in [0.717, 1.165) is 22.4 Å². The Morgan fingerprint density at radius 3 is 1.34 bits per heavy atom. The first-order valence-corrected chi connectivity index (χ1v) is 29.7. The summed E-state index contributed by atoms with van der Waals surface area (Å²) < 4.78 is 0. The number of aryl methyl sites for hydroxylation is 2. The SMILES string of the molecule is CCc1cc2c(-c3ccccc3C(C)C)c(C(C)C)ccc2[cH-]1.CCc1cc2c(-c3ccccc3C(C)C)c(C(C)C)ccc2[cH-]1.[Cl][Zr][Cl].[c-]1cccc2c1[Si]c1ccccc1-2. The molecule has 4 heteroatoms. The van der Waals surface area contributed by atoms with Gasteiger partial charge in [0.1, 0.15) is 0 Å². The third-order valence-corrected chi connectivity index (χ3v) is 13.4. The van der Waals surface area contributed by atoms with Crippen LogP contribution in [0, 0.1) is 6.07 Å². The van der Waals surface area contributed by atoms with Gasteiger partial charge in [-0.15, -0.1) is 74.6 Å². The number of halogens is 2. The molecule has 1 aliphatic heterocycles. The fourth-order valence-electron chi connectivity index (χ4n) is 8.88. The van der Waals surface area contributed by atoms with Crippen LogP contribution in [0.15, 0.2) is 140 Å². The fourth-order valence-corrected chi connectivity index (χ4v) is 10.2. The molecule has 8 aromatic carbocycles. The van der Waals surface area contributed by atoms with Crippen LogP contribution >= 0.6 is 17.0 Å². The molecule has 0 N–H and O–H groups in total. The van der Waals surface area contributed by atoms with E-state index in [1.807, 2.05) is 6.07 Å². The Bertz CT molecular complexity index is 2520. The Hall–Kier alpha value is -3.78. The van der Waals surface area contributed by atoms with E-state index >= 15 is 0 Å². The quantitative estimate of drug-likeness (QED) is 0.105. The van der Waals surface area contributed by atoms with Crippen molar-refractivity contribution in [3.8, 4) is 33.4 Å². The second-order valence-electron chi connectivity index (χ2n) is 17.5. The zero-order chi connectivity index (χ0) is 44.5. The standard InChI is InChI=1S/2C23H27.C12H7Si.2ClH.Zr/c2*1-6-17-13-18-11-12-20(16(4)5)23(22(18)14-17)21-10-8-7-9-19(21)15(2)3;1-3-7-11-9(5-1)10-6-2-4-8-12(10)13-11;;;/h2*7-16H,6H2,1-5H3;1-7H;2*1H;/q3*-1;;;+2/p-2. The van der Waals surface area contributed by atoms with Gasteiger partial charge in [-0.2, -0.15) is 41.6 Å². The molecule has 2 radical (unpaired) electrons. The second kappa shape index (κ2) is 22.2. The van der Waals surface area contributed by atoms with Crippen molar-refractivity contribution >= 4 is 58.5 Å². The van der Waals surface area contributed by atoms with Gasteiger partial charge >= 0.3 is 37.9 Å². The van der Waals surface area contributed by atoms with Gasteiger partial charge in [0.2, 0.25) is 0 Å². The molecule has 318 valence electrons. The van der Waals surface area contributed by atoms with Crippen molar-refractivity contribution in [1.82, 2.24) is 0 Å². The van der Waals surface area contributed by atoms with Crippen molar-refractivity contribution < 1.29 is 20.8 Å². The number of benzene rings is 6. The van der Waals surface area contributed by atoms with Gasteiger partial charge in [-0.1, -0.05) is 175 Å². The van der Waals surface area contributed by atoms with Gasteiger partial charge < -0.3 is 0 Å². The van der Waals surface area contributed by atoms with Crippen LogP contribution in [-0.2, 0) is 33.7 Å². The maximum Gasteiger partial charge on any atom is 0.0920 e. The van der Waals surface area contributed by atoms with E-state index in [4.69, 9.17) is 17.0 Å². The normalized spacial score (nSPS) is 11.5. The Morgan fingerprint density at radius 2 is 0.903 bits per heavy atom. The zero-order valence-corrected chi connectivity index (χ0v) is 43.2. The molecule has 0 spiro atoms. The minimum absolute atomic E-state index is 0.523. The average molecular weight is 948 g/mol. The molecule has 0 nitrogen and oxygen atoms in total. The Kier molecular flexibility index (Phi) is 17.1. The minimum Gasteiger partial charge on any atom is -0.184 e. The number of rotatable bonds is 8. The van der Waals surface area contributed by atoms with Crippen molar-refractivity contribution in [2.24, 2.45) is 0 Å². The van der Waals surface area contributed by atoms with Crippen LogP contribution in [0.5, 0.6) is 0 Å². The molecule has 0 aliphatic carbocycles. The van der Waals surface area contributed by atoms with Crippen LogP contribution in [0.2, 0.25) is 0 Å². The van der Waals surface area contributed by atoms with Gasteiger partial charge in [-0.05, 0) is 58.8 Å². The molecule has 1 aliphatic rings. The molecule has 0 fully saturated rings. The summed E-state index contributed by atoms with van der Waals surface area (Å²) in [4.78, 5) is 0. The van der Waals surface area contributed by atoms with Crippen LogP contribution in [0.25, 0.3) is 54.9 Å². The predicted octanol–water partition coefficient (Wildman–Crippen LogP) is 16.6. The molecule has 0 amide bonds. The molecule has 8 aromatic rings. The Labute approximate surface area is 394 Å². The van der Waals surface area contributed by atoms with Gasteiger partial charge in [0.15, 0.2) is 0 Å². The van der Waals surface area contributed by atoms with Crippen LogP contribution in [0.1, 0.15) is 126 Å². The molecule has 9 rings (SSSR count). The molecule has 0 saturated carbocycles. The number of hydrogen-bond acceptors (Lipinski definition) is 0. The summed E-state index contributed by atoms with van der Waals surface area (Å²) in [7, 11) is 10.7. The topological polar surface area (TPSA) is 0 Å². The predicted molar refractivity (Wildman–Crippen MR) is 273 cm³/mol. The van der Waals surface area contributed by atoms with Gasteiger partial charge in [-0.25, -0.2) is 0 Å². The number of hydrogen-bond donors (Lipinski definition) is 0. The Balaban J connectivity index is 0.000000155. The molecule has 1 heterocycles. The molecule has 0 unspecified atom stereocenters.